The van der Waals surface area contributed by atoms with Crippen LogP contribution in [0.1, 0.15) is 23.7 Å². The number of quaternary nitrogens is 1. The maximum absolute atomic E-state index is 12.8. The Balaban J connectivity index is 1.65. The first kappa shape index (κ1) is 22.6. The summed E-state index contributed by atoms with van der Waals surface area (Å²) in [7, 11) is 5.30. The van der Waals surface area contributed by atoms with Crippen molar-refractivity contribution in [2.75, 3.05) is 39.7 Å². The molecule has 0 fully saturated rings. The summed E-state index contributed by atoms with van der Waals surface area (Å²) in [6, 6.07) is 13.9. The summed E-state index contributed by atoms with van der Waals surface area (Å²) < 4.78 is 10.7. The zero-order valence-corrected chi connectivity index (χ0v) is 19.0. The number of pyridine rings is 1. The average Bonchev–Trinajstić information content (AvgIpc) is 2.79. The second-order valence-electron chi connectivity index (χ2n) is 7.80. The molecule has 2 N–H and O–H groups in total. The Labute approximate surface area is 184 Å². The molecule has 0 spiro atoms. The molecule has 1 heterocycles. The van der Waals surface area contributed by atoms with E-state index < -0.39 is 0 Å². The van der Waals surface area contributed by atoms with Gasteiger partial charge in [0.1, 0.15) is 0 Å². The third kappa shape index (κ3) is 5.33. The molecule has 6 heteroatoms. The molecule has 6 nitrogen and oxygen atoms in total. The second kappa shape index (κ2) is 10.3. The topological polar surface area (TPSA) is 64.9 Å². The smallest absolute Gasteiger partial charge is 0.279 e. The molecule has 164 valence electrons. The lowest BCUT2D eigenvalue weighted by molar-refractivity contribution is -0.870. The predicted octanol–water partition coefficient (Wildman–Crippen LogP) is 2.82. The molecule has 3 aromatic rings. The number of nitrogens with zero attached hydrogens (tertiary/aromatic N) is 1. The van der Waals surface area contributed by atoms with Crippen LogP contribution < -0.4 is 19.7 Å². The number of methoxy groups -OCH3 is 2. The first-order valence-corrected chi connectivity index (χ1v) is 10.7. The zero-order chi connectivity index (χ0) is 22.4. The molecule has 3 rings (SSSR count). The number of fused-ring (bicyclic) bond motifs is 1. The molecule has 0 bridgehead atoms. The van der Waals surface area contributed by atoms with Gasteiger partial charge in [0.15, 0.2) is 18.0 Å². The van der Waals surface area contributed by atoms with Gasteiger partial charge in [0.25, 0.3) is 5.91 Å². The minimum Gasteiger partial charge on any atom is -0.493 e. The number of amides is 1. The summed E-state index contributed by atoms with van der Waals surface area (Å²) in [4.78, 5) is 18.7. The summed E-state index contributed by atoms with van der Waals surface area (Å²) in [5, 5.41) is 4.13. The number of nitrogens with one attached hydrogen (secondary N) is 2. The van der Waals surface area contributed by atoms with Crippen LogP contribution >= 0.6 is 0 Å². The fourth-order valence-corrected chi connectivity index (χ4v) is 3.80. The van der Waals surface area contributed by atoms with Crippen LogP contribution in [-0.2, 0) is 17.6 Å². The molecule has 1 atom stereocenters. The third-order valence-electron chi connectivity index (χ3n) is 5.59. The van der Waals surface area contributed by atoms with Gasteiger partial charge in [-0.15, -0.1) is 0 Å². The van der Waals surface area contributed by atoms with Crippen molar-refractivity contribution >= 4 is 22.5 Å². The van der Waals surface area contributed by atoms with Gasteiger partial charge in [-0.1, -0.05) is 31.2 Å². The number of rotatable bonds is 9. The van der Waals surface area contributed by atoms with Crippen LogP contribution in [0.2, 0.25) is 0 Å². The van der Waals surface area contributed by atoms with Crippen molar-refractivity contribution in [2.24, 2.45) is 0 Å². The molecule has 2 aromatic carbocycles. The van der Waals surface area contributed by atoms with E-state index in [1.807, 2.05) is 56.4 Å². The number of para-hydroxylation sites is 1. The number of likely N-dealkylation sites (N-methyl/N-ethyl adjacent to an activating group) is 1. The van der Waals surface area contributed by atoms with E-state index in [9.17, 15) is 4.79 Å². The van der Waals surface area contributed by atoms with Crippen molar-refractivity contribution in [3.8, 4) is 11.5 Å². The molecule has 0 saturated carbocycles. The van der Waals surface area contributed by atoms with Gasteiger partial charge >= 0.3 is 0 Å². The van der Waals surface area contributed by atoms with Gasteiger partial charge in [-0.05, 0) is 42.7 Å². The van der Waals surface area contributed by atoms with Crippen molar-refractivity contribution < 1.29 is 19.2 Å². The number of carbonyl (C=O) groups is 1. The maximum Gasteiger partial charge on any atom is 0.279 e. The number of benzene rings is 2. The SMILES string of the molecule is CCc1nc2ccccc2c(NC(=O)C[NH+](C)CCc2ccc(OC)c(OC)c2)c1C. The van der Waals surface area contributed by atoms with Crippen LogP contribution in [0.4, 0.5) is 5.69 Å². The zero-order valence-electron chi connectivity index (χ0n) is 19.0. The highest BCUT2D eigenvalue weighted by Gasteiger charge is 2.16. The Morgan fingerprint density at radius 2 is 1.84 bits per heavy atom. The molecule has 0 radical (unpaired) electrons. The minimum absolute atomic E-state index is 0.00585. The van der Waals surface area contributed by atoms with Crippen LogP contribution in [0.3, 0.4) is 0 Å². The van der Waals surface area contributed by atoms with Gasteiger partial charge in [-0.25, -0.2) is 0 Å². The van der Waals surface area contributed by atoms with Gasteiger partial charge in [0.2, 0.25) is 0 Å². The van der Waals surface area contributed by atoms with E-state index >= 15 is 0 Å². The van der Waals surface area contributed by atoms with Crippen molar-refractivity contribution in [3.63, 3.8) is 0 Å². The van der Waals surface area contributed by atoms with E-state index in [4.69, 9.17) is 14.5 Å². The van der Waals surface area contributed by atoms with Crippen LogP contribution in [0.25, 0.3) is 10.9 Å². The summed E-state index contributed by atoms with van der Waals surface area (Å²) >= 11 is 0. The molecular weight excluding hydrogens is 390 g/mol. The Morgan fingerprint density at radius 1 is 1.10 bits per heavy atom. The largest absolute Gasteiger partial charge is 0.493 e. The number of aryl methyl sites for hydroxylation is 1. The molecule has 0 aliphatic carbocycles. The van der Waals surface area contributed by atoms with Crippen LogP contribution in [-0.4, -0.2) is 45.2 Å². The lowest BCUT2D eigenvalue weighted by Gasteiger charge is -2.17. The van der Waals surface area contributed by atoms with Gasteiger partial charge < -0.3 is 19.7 Å². The standard InChI is InChI=1S/C25H31N3O3/c1-6-20-17(2)25(19-9-7-8-10-21(19)26-20)27-24(29)16-28(3)14-13-18-11-12-22(30-4)23(15-18)31-5/h7-12,15H,6,13-14,16H2,1-5H3,(H,26,27,29)/p+1. The highest BCUT2D eigenvalue weighted by molar-refractivity contribution is 6.02. The van der Waals surface area contributed by atoms with E-state index in [1.54, 1.807) is 14.2 Å². The number of ether oxygens (including phenoxy) is 2. The van der Waals surface area contributed by atoms with Crippen LogP contribution in [0, 0.1) is 6.92 Å². The molecule has 0 saturated heterocycles. The van der Waals surface area contributed by atoms with E-state index in [0.29, 0.717) is 6.54 Å². The monoisotopic (exact) mass is 422 g/mol. The second-order valence-corrected chi connectivity index (χ2v) is 7.80. The predicted molar refractivity (Wildman–Crippen MR) is 124 cm³/mol. The quantitative estimate of drug-likeness (QED) is 0.557. The third-order valence-corrected chi connectivity index (χ3v) is 5.59. The minimum atomic E-state index is 0.00585. The Kier molecular flexibility index (Phi) is 7.47. The van der Waals surface area contributed by atoms with Crippen LogP contribution in [0.5, 0.6) is 11.5 Å². The lowest BCUT2D eigenvalue weighted by atomic mass is 10.1. The summed E-state index contributed by atoms with van der Waals surface area (Å²) in [6.07, 6.45) is 1.67. The van der Waals surface area contributed by atoms with E-state index in [1.165, 1.54) is 0 Å². The van der Waals surface area contributed by atoms with Crippen molar-refractivity contribution in [2.45, 2.75) is 26.7 Å². The molecule has 0 aliphatic rings. The number of hydrogen-bond donors (Lipinski definition) is 2. The number of aromatic nitrogens is 1. The van der Waals surface area contributed by atoms with E-state index in [0.717, 1.165) is 69.2 Å². The van der Waals surface area contributed by atoms with Gasteiger partial charge in [-0.2, -0.15) is 0 Å². The lowest BCUT2D eigenvalue weighted by Crippen LogP contribution is -3.10. The fraction of sp³-hybridized carbons (Fsp3) is 0.360. The van der Waals surface area contributed by atoms with Gasteiger partial charge in [0.05, 0.1) is 39.0 Å². The Morgan fingerprint density at radius 3 is 2.55 bits per heavy atom. The molecule has 31 heavy (non-hydrogen) atoms. The van der Waals surface area contributed by atoms with Crippen molar-refractivity contribution in [1.29, 1.82) is 0 Å². The van der Waals surface area contributed by atoms with Gasteiger partial charge in [0, 0.05) is 17.5 Å². The molecule has 1 aromatic heterocycles. The molecular formula is C25H32N3O3+. The normalized spacial score (nSPS) is 11.9. The van der Waals surface area contributed by atoms with E-state index in [-0.39, 0.29) is 5.91 Å². The molecule has 0 aliphatic heterocycles. The van der Waals surface area contributed by atoms with E-state index in [2.05, 4.69) is 12.2 Å². The highest BCUT2D eigenvalue weighted by atomic mass is 16.5. The summed E-state index contributed by atoms with van der Waals surface area (Å²) in [5.41, 5.74) is 5.00. The molecule has 1 amide bonds. The fourth-order valence-electron chi connectivity index (χ4n) is 3.80. The van der Waals surface area contributed by atoms with Crippen molar-refractivity contribution in [3.05, 3.63) is 59.3 Å². The first-order chi connectivity index (χ1) is 15.0. The summed E-state index contributed by atoms with van der Waals surface area (Å²) in [6.45, 7) is 5.34. The number of hydrogen-bond acceptors (Lipinski definition) is 4. The highest BCUT2D eigenvalue weighted by Crippen LogP contribution is 2.29. The van der Waals surface area contributed by atoms with Crippen LogP contribution in [0.15, 0.2) is 42.5 Å². The molecule has 1 unspecified atom stereocenters. The Hall–Kier alpha value is -3.12. The maximum atomic E-state index is 12.8. The van der Waals surface area contributed by atoms with Crippen molar-refractivity contribution in [1.82, 2.24) is 4.98 Å². The number of carbonyl (C=O) groups excluding carboxylic acids is 1. The summed E-state index contributed by atoms with van der Waals surface area (Å²) in [5.74, 6) is 1.45. The first-order valence-electron chi connectivity index (χ1n) is 10.7. The number of anilines is 1. The Bertz CT molecular complexity index is 1070. The average molecular weight is 423 g/mol. The van der Waals surface area contributed by atoms with Gasteiger partial charge in [-0.3, -0.25) is 9.78 Å².